The molecule has 0 aromatic carbocycles. The summed E-state index contributed by atoms with van der Waals surface area (Å²) in [5.41, 5.74) is 1.20. The fourth-order valence-corrected chi connectivity index (χ4v) is 0.297. The molecule has 1 N–H and O–H groups in total. The minimum atomic E-state index is 0.589. The fourth-order valence-electron chi connectivity index (χ4n) is 0.297. The maximum absolute atomic E-state index is 9.52. The van der Waals surface area contributed by atoms with Crippen molar-refractivity contribution >= 4 is 6.41 Å². The van der Waals surface area contributed by atoms with Crippen LogP contribution < -0.4 is 5.32 Å². The van der Waals surface area contributed by atoms with Gasteiger partial charge < -0.3 is 5.32 Å². The molecular weight excluding hydrogens is 102 g/mol. The molecule has 0 aliphatic carbocycles. The van der Waals surface area contributed by atoms with Gasteiger partial charge in [0.05, 0.1) is 0 Å². The molecule has 0 aromatic rings. The number of nitrogens with one attached hydrogen (secondary N) is 1. The number of allylic oxidation sites excluding steroid dienone is 1. The van der Waals surface area contributed by atoms with E-state index < -0.39 is 0 Å². The first kappa shape index (κ1) is 7.21. The third-order valence-corrected chi connectivity index (χ3v) is 0.685. The monoisotopic (exact) mass is 112 g/mol. The van der Waals surface area contributed by atoms with Crippen LogP contribution in [0.4, 0.5) is 0 Å². The molecule has 0 heterocycles. The summed E-state index contributed by atoms with van der Waals surface area (Å²) in [7, 11) is 0. The molecule has 1 amide bonds. The zero-order valence-corrected chi connectivity index (χ0v) is 5.19. The molecule has 0 bridgehead atoms. The van der Waals surface area contributed by atoms with Crippen molar-refractivity contribution in [3.8, 4) is 0 Å². The molecule has 0 fully saturated rings. The maximum Gasteiger partial charge on any atom is 0.309 e. The highest BCUT2D eigenvalue weighted by Gasteiger charge is 1.75. The van der Waals surface area contributed by atoms with Gasteiger partial charge in [-0.2, -0.15) is 0 Å². The van der Waals surface area contributed by atoms with E-state index >= 15 is 0 Å². The Balaban J connectivity index is 3.15. The van der Waals surface area contributed by atoms with E-state index in [2.05, 4.69) is 5.32 Å². The minimum absolute atomic E-state index is 0.589. The van der Waals surface area contributed by atoms with Crippen LogP contribution >= 0.6 is 0 Å². The second kappa shape index (κ2) is 4.37. The Morgan fingerprint density at radius 2 is 2.38 bits per heavy atom. The molecule has 2 nitrogen and oxygen atoms in total. The molecule has 8 heavy (non-hydrogen) atoms. The largest absolute Gasteiger partial charge is 0.344 e. The fraction of sp³-hybridized carbons (Fsp3) is 0.500. The Labute approximate surface area is 49.6 Å². The van der Waals surface area contributed by atoms with E-state index in [0.29, 0.717) is 6.54 Å². The van der Waals surface area contributed by atoms with Crippen molar-refractivity contribution in [2.45, 2.75) is 13.8 Å². The van der Waals surface area contributed by atoms with Gasteiger partial charge in [-0.25, -0.2) is 0 Å². The summed E-state index contributed by atoms with van der Waals surface area (Å²) < 4.78 is 0. The highest BCUT2D eigenvalue weighted by atomic mass is 16.1. The average molecular weight is 112 g/mol. The third kappa shape index (κ3) is 5.21. The number of rotatable bonds is 3. The second-order valence-electron chi connectivity index (χ2n) is 1.76. The van der Waals surface area contributed by atoms with Crippen molar-refractivity contribution in [2.75, 3.05) is 6.54 Å². The lowest BCUT2D eigenvalue weighted by Crippen LogP contribution is -2.09. The molecule has 0 aromatic heterocycles. The van der Waals surface area contributed by atoms with E-state index in [1.807, 2.05) is 19.9 Å². The zero-order valence-electron chi connectivity index (χ0n) is 5.19. The van der Waals surface area contributed by atoms with E-state index in [1.165, 1.54) is 5.57 Å². The molecule has 0 saturated heterocycles. The average Bonchev–Trinajstić information content (AvgIpc) is 1.66. The molecule has 1 radical (unpaired) electrons. The van der Waals surface area contributed by atoms with Crippen LogP contribution in [0.3, 0.4) is 0 Å². The zero-order chi connectivity index (χ0) is 6.41. The molecule has 0 unspecified atom stereocenters. The Morgan fingerprint density at radius 1 is 1.75 bits per heavy atom. The molecule has 0 spiro atoms. The summed E-state index contributed by atoms with van der Waals surface area (Å²) in [6, 6.07) is 0. The summed E-state index contributed by atoms with van der Waals surface area (Å²) in [6.45, 7) is 4.55. The highest BCUT2D eigenvalue weighted by Crippen LogP contribution is 1.83. The predicted molar refractivity (Wildman–Crippen MR) is 33.1 cm³/mol. The minimum Gasteiger partial charge on any atom is -0.344 e. The summed E-state index contributed by atoms with van der Waals surface area (Å²) in [5.74, 6) is 0. The molecule has 45 valence electrons. The van der Waals surface area contributed by atoms with Gasteiger partial charge in [-0.1, -0.05) is 11.6 Å². The van der Waals surface area contributed by atoms with Gasteiger partial charge in [-0.15, -0.1) is 0 Å². The van der Waals surface area contributed by atoms with Crippen molar-refractivity contribution in [2.24, 2.45) is 0 Å². The van der Waals surface area contributed by atoms with Crippen molar-refractivity contribution in [1.29, 1.82) is 0 Å². The SMILES string of the molecule is CC(C)=CCN[C]=O. The van der Waals surface area contributed by atoms with Gasteiger partial charge in [-0.3, -0.25) is 4.79 Å². The normalized spacial score (nSPS) is 7.75. The van der Waals surface area contributed by atoms with Crippen LogP contribution in [0, 0.1) is 0 Å². The number of hydrogen-bond donors (Lipinski definition) is 1. The van der Waals surface area contributed by atoms with E-state index in [9.17, 15) is 4.79 Å². The van der Waals surface area contributed by atoms with Crippen LogP contribution in [0.2, 0.25) is 0 Å². The smallest absolute Gasteiger partial charge is 0.309 e. The predicted octanol–water partition coefficient (Wildman–Crippen LogP) is 0.609. The van der Waals surface area contributed by atoms with E-state index in [4.69, 9.17) is 0 Å². The lowest BCUT2D eigenvalue weighted by Gasteiger charge is -1.87. The van der Waals surface area contributed by atoms with Crippen molar-refractivity contribution in [3.05, 3.63) is 11.6 Å². The maximum atomic E-state index is 9.52. The van der Waals surface area contributed by atoms with Gasteiger partial charge in [0.2, 0.25) is 0 Å². The molecule has 0 aliphatic heterocycles. The molecule has 0 saturated carbocycles. The van der Waals surface area contributed by atoms with Gasteiger partial charge in [-0.05, 0) is 13.8 Å². The van der Waals surface area contributed by atoms with Crippen molar-refractivity contribution in [1.82, 2.24) is 5.32 Å². The summed E-state index contributed by atoms with van der Waals surface area (Å²) in [6.07, 6.45) is 3.50. The Hall–Kier alpha value is -0.790. The third-order valence-electron chi connectivity index (χ3n) is 0.685. The molecule has 0 atom stereocenters. The van der Waals surface area contributed by atoms with Gasteiger partial charge in [0, 0.05) is 6.54 Å². The molecular formula is C6H10NO. The van der Waals surface area contributed by atoms with Gasteiger partial charge in [0.25, 0.3) is 0 Å². The lowest BCUT2D eigenvalue weighted by atomic mass is 10.3. The lowest BCUT2D eigenvalue weighted by molar-refractivity contribution is 0.545. The summed E-state index contributed by atoms with van der Waals surface area (Å²) in [5, 5.41) is 2.40. The Bertz CT molecular complexity index is 92.7. The number of carbonyl (C=O) groups excluding carboxylic acids is 1. The Morgan fingerprint density at radius 3 is 2.75 bits per heavy atom. The first-order valence-electron chi connectivity index (χ1n) is 2.50. The van der Waals surface area contributed by atoms with Gasteiger partial charge in [0.1, 0.15) is 0 Å². The van der Waals surface area contributed by atoms with Gasteiger partial charge in [0.15, 0.2) is 0 Å². The van der Waals surface area contributed by atoms with E-state index in [0.717, 1.165) is 0 Å². The van der Waals surface area contributed by atoms with Crippen molar-refractivity contribution in [3.63, 3.8) is 0 Å². The van der Waals surface area contributed by atoms with Crippen LogP contribution in [-0.2, 0) is 4.79 Å². The van der Waals surface area contributed by atoms with E-state index in [-0.39, 0.29) is 0 Å². The molecule has 2 heteroatoms. The highest BCUT2D eigenvalue weighted by molar-refractivity contribution is 5.47. The molecule has 0 aliphatic rings. The van der Waals surface area contributed by atoms with Crippen LogP contribution in [-0.4, -0.2) is 13.0 Å². The quantitative estimate of drug-likeness (QED) is 0.323. The first-order chi connectivity index (χ1) is 3.77. The topological polar surface area (TPSA) is 29.1 Å². The van der Waals surface area contributed by atoms with Crippen LogP contribution in [0.5, 0.6) is 0 Å². The number of amides is 1. The second-order valence-corrected chi connectivity index (χ2v) is 1.76. The Kier molecular flexibility index (Phi) is 3.94. The van der Waals surface area contributed by atoms with E-state index in [1.54, 1.807) is 6.41 Å². The molecule has 0 rings (SSSR count). The standard InChI is InChI=1S/C6H10NO/c1-6(2)3-4-7-5-8/h3H,4H2,1-2H3,(H,7,8). The summed E-state index contributed by atoms with van der Waals surface area (Å²) >= 11 is 0. The van der Waals surface area contributed by atoms with Crippen molar-refractivity contribution < 1.29 is 4.79 Å². The number of hydrogen-bond acceptors (Lipinski definition) is 1. The van der Waals surface area contributed by atoms with Crippen LogP contribution in [0.15, 0.2) is 11.6 Å². The summed E-state index contributed by atoms with van der Waals surface area (Å²) in [4.78, 5) is 9.52. The first-order valence-corrected chi connectivity index (χ1v) is 2.50. The van der Waals surface area contributed by atoms with Crippen LogP contribution in [0.25, 0.3) is 0 Å². The van der Waals surface area contributed by atoms with Gasteiger partial charge >= 0.3 is 6.41 Å². The van der Waals surface area contributed by atoms with Crippen LogP contribution in [0.1, 0.15) is 13.8 Å².